The topological polar surface area (TPSA) is 40.5 Å². The van der Waals surface area contributed by atoms with Gasteiger partial charge in [0.05, 0.1) is 0 Å². The Balaban J connectivity index is 1.71. The van der Waals surface area contributed by atoms with Crippen molar-refractivity contribution >= 4 is 5.91 Å². The minimum atomic E-state index is -0.820. The second-order valence-corrected chi connectivity index (χ2v) is 5.55. The van der Waals surface area contributed by atoms with Crippen molar-refractivity contribution in [2.45, 2.75) is 32.0 Å². The van der Waals surface area contributed by atoms with Crippen LogP contribution < -0.4 is 0 Å². The fourth-order valence-corrected chi connectivity index (χ4v) is 2.92. The van der Waals surface area contributed by atoms with Gasteiger partial charge in [-0.3, -0.25) is 4.79 Å². The van der Waals surface area contributed by atoms with Crippen LogP contribution in [-0.4, -0.2) is 22.0 Å². The Morgan fingerprint density at radius 1 is 1.10 bits per heavy atom. The van der Waals surface area contributed by atoms with Gasteiger partial charge in [-0.1, -0.05) is 48.5 Å². The second kappa shape index (κ2) is 5.70. The van der Waals surface area contributed by atoms with Gasteiger partial charge in [-0.25, -0.2) is 0 Å². The lowest BCUT2D eigenvalue weighted by Crippen LogP contribution is -2.36. The molecule has 0 aromatic heterocycles. The molecule has 3 heteroatoms. The van der Waals surface area contributed by atoms with Crippen LogP contribution in [0.25, 0.3) is 0 Å². The molecule has 0 spiro atoms. The average Bonchev–Trinajstić information content (AvgIpc) is 2.78. The lowest BCUT2D eigenvalue weighted by atomic mass is 10.1. The van der Waals surface area contributed by atoms with Crippen LogP contribution in [0.15, 0.2) is 54.6 Å². The van der Waals surface area contributed by atoms with Crippen LogP contribution in [0.4, 0.5) is 0 Å². The number of fused-ring (bicyclic) bond motifs is 1. The number of carbonyl (C=O) groups is 1. The zero-order chi connectivity index (χ0) is 14.8. The van der Waals surface area contributed by atoms with E-state index < -0.39 is 6.23 Å². The molecule has 1 aliphatic heterocycles. The number of carbonyl (C=O) groups excluding carboxylic acids is 1. The zero-order valence-electron chi connectivity index (χ0n) is 12.1. The Kier molecular flexibility index (Phi) is 3.76. The standard InChI is InChI=1S/C18H19NO2/c1-13(11-12-14-7-3-2-4-8-14)19-17(20)15-9-5-6-10-16(15)18(19)21/h2-10,13,17,20H,11-12H2,1H3/t13-,17+/m1/s1. The molecule has 0 saturated heterocycles. The first kappa shape index (κ1) is 13.8. The molecule has 0 fully saturated rings. The lowest BCUT2D eigenvalue weighted by Gasteiger charge is -2.28. The maximum Gasteiger partial charge on any atom is 0.256 e. The van der Waals surface area contributed by atoms with Crippen molar-refractivity contribution in [3.8, 4) is 0 Å². The van der Waals surface area contributed by atoms with Gasteiger partial charge in [0.25, 0.3) is 5.91 Å². The summed E-state index contributed by atoms with van der Waals surface area (Å²) in [5, 5.41) is 10.4. The fraction of sp³-hybridized carbons (Fsp3) is 0.278. The highest BCUT2D eigenvalue weighted by Crippen LogP contribution is 2.33. The van der Waals surface area contributed by atoms with Crippen molar-refractivity contribution in [3.63, 3.8) is 0 Å². The molecular weight excluding hydrogens is 262 g/mol. The van der Waals surface area contributed by atoms with Crippen molar-refractivity contribution in [2.75, 3.05) is 0 Å². The molecule has 2 atom stereocenters. The summed E-state index contributed by atoms with van der Waals surface area (Å²) in [6, 6.07) is 17.5. The van der Waals surface area contributed by atoms with Crippen molar-refractivity contribution in [2.24, 2.45) is 0 Å². The van der Waals surface area contributed by atoms with Gasteiger partial charge in [0.1, 0.15) is 0 Å². The average molecular weight is 281 g/mol. The number of rotatable bonds is 4. The van der Waals surface area contributed by atoms with Crippen molar-refractivity contribution in [1.29, 1.82) is 0 Å². The van der Waals surface area contributed by atoms with E-state index in [4.69, 9.17) is 0 Å². The number of benzene rings is 2. The van der Waals surface area contributed by atoms with Crippen LogP contribution in [0.2, 0.25) is 0 Å². The summed E-state index contributed by atoms with van der Waals surface area (Å²) in [5.41, 5.74) is 2.59. The normalized spacial score (nSPS) is 18.7. The maximum absolute atomic E-state index is 12.4. The highest BCUT2D eigenvalue weighted by molar-refractivity contribution is 5.99. The number of hydrogen-bond acceptors (Lipinski definition) is 2. The molecule has 0 radical (unpaired) electrons. The van der Waals surface area contributed by atoms with E-state index in [2.05, 4.69) is 12.1 Å². The third kappa shape index (κ3) is 2.57. The van der Waals surface area contributed by atoms with Crippen molar-refractivity contribution in [3.05, 3.63) is 71.3 Å². The molecule has 0 bridgehead atoms. The summed E-state index contributed by atoms with van der Waals surface area (Å²) in [7, 11) is 0. The minimum Gasteiger partial charge on any atom is -0.369 e. The van der Waals surface area contributed by atoms with E-state index in [0.717, 1.165) is 12.8 Å². The zero-order valence-corrected chi connectivity index (χ0v) is 12.1. The number of hydrogen-bond donors (Lipinski definition) is 1. The van der Waals surface area contributed by atoms with Crippen LogP contribution in [0.5, 0.6) is 0 Å². The number of amides is 1. The number of nitrogens with zero attached hydrogens (tertiary/aromatic N) is 1. The summed E-state index contributed by atoms with van der Waals surface area (Å²) in [6.07, 6.45) is 0.912. The van der Waals surface area contributed by atoms with E-state index in [1.807, 2.05) is 43.3 Å². The molecule has 2 aromatic carbocycles. The molecule has 0 saturated carbocycles. The SMILES string of the molecule is C[C@H](CCc1ccccc1)N1C(=O)c2ccccc2[C@@H]1O. The summed E-state index contributed by atoms with van der Waals surface area (Å²) in [4.78, 5) is 14.0. The van der Waals surface area contributed by atoms with E-state index in [1.165, 1.54) is 5.56 Å². The smallest absolute Gasteiger partial charge is 0.256 e. The quantitative estimate of drug-likeness (QED) is 0.935. The Labute approximate surface area is 124 Å². The van der Waals surface area contributed by atoms with E-state index in [-0.39, 0.29) is 11.9 Å². The molecule has 1 heterocycles. The van der Waals surface area contributed by atoms with Crippen molar-refractivity contribution < 1.29 is 9.90 Å². The molecular formula is C18H19NO2. The summed E-state index contributed by atoms with van der Waals surface area (Å²) >= 11 is 0. The largest absolute Gasteiger partial charge is 0.369 e. The lowest BCUT2D eigenvalue weighted by molar-refractivity contribution is -0.00118. The second-order valence-electron chi connectivity index (χ2n) is 5.55. The van der Waals surface area contributed by atoms with E-state index in [9.17, 15) is 9.90 Å². The van der Waals surface area contributed by atoms with Gasteiger partial charge in [0, 0.05) is 17.2 Å². The summed E-state index contributed by atoms with van der Waals surface area (Å²) in [6.45, 7) is 2.00. The van der Waals surface area contributed by atoms with Gasteiger partial charge >= 0.3 is 0 Å². The van der Waals surface area contributed by atoms with Gasteiger partial charge in [-0.05, 0) is 31.4 Å². The summed E-state index contributed by atoms with van der Waals surface area (Å²) < 4.78 is 0. The molecule has 0 aliphatic carbocycles. The maximum atomic E-state index is 12.4. The van der Waals surface area contributed by atoms with Crippen LogP contribution in [0.1, 0.15) is 41.1 Å². The molecule has 108 valence electrons. The third-order valence-electron chi connectivity index (χ3n) is 4.14. The Bertz CT molecular complexity index is 639. The van der Waals surface area contributed by atoms with Gasteiger partial charge < -0.3 is 10.0 Å². The Morgan fingerprint density at radius 3 is 2.48 bits per heavy atom. The van der Waals surface area contributed by atoms with E-state index >= 15 is 0 Å². The molecule has 3 nitrogen and oxygen atoms in total. The third-order valence-corrected chi connectivity index (χ3v) is 4.14. The van der Waals surface area contributed by atoms with Crippen LogP contribution in [0.3, 0.4) is 0 Å². The van der Waals surface area contributed by atoms with Crippen LogP contribution >= 0.6 is 0 Å². The van der Waals surface area contributed by atoms with Gasteiger partial charge in [0.15, 0.2) is 6.23 Å². The monoisotopic (exact) mass is 281 g/mol. The molecule has 2 aromatic rings. The number of aryl methyl sites for hydroxylation is 1. The Hall–Kier alpha value is -2.13. The number of aliphatic hydroxyl groups is 1. The van der Waals surface area contributed by atoms with Gasteiger partial charge in [-0.15, -0.1) is 0 Å². The first-order chi connectivity index (χ1) is 10.2. The van der Waals surface area contributed by atoms with Gasteiger partial charge in [-0.2, -0.15) is 0 Å². The van der Waals surface area contributed by atoms with Crippen LogP contribution in [-0.2, 0) is 6.42 Å². The summed E-state index contributed by atoms with van der Waals surface area (Å²) in [5.74, 6) is -0.0707. The molecule has 1 N–H and O–H groups in total. The van der Waals surface area contributed by atoms with Gasteiger partial charge in [0.2, 0.25) is 0 Å². The predicted octanol–water partition coefficient (Wildman–Crippen LogP) is 3.15. The fourth-order valence-electron chi connectivity index (χ4n) is 2.92. The van der Waals surface area contributed by atoms with E-state index in [0.29, 0.717) is 11.1 Å². The Morgan fingerprint density at radius 2 is 1.76 bits per heavy atom. The van der Waals surface area contributed by atoms with Crippen molar-refractivity contribution in [1.82, 2.24) is 4.90 Å². The minimum absolute atomic E-state index is 0.0000983. The molecule has 0 unspecified atom stereocenters. The molecule has 3 rings (SSSR count). The highest BCUT2D eigenvalue weighted by atomic mass is 16.3. The highest BCUT2D eigenvalue weighted by Gasteiger charge is 2.37. The molecule has 1 aliphatic rings. The molecule has 21 heavy (non-hydrogen) atoms. The first-order valence-electron chi connectivity index (χ1n) is 7.32. The van der Waals surface area contributed by atoms with E-state index in [1.54, 1.807) is 11.0 Å². The molecule has 1 amide bonds. The predicted molar refractivity (Wildman–Crippen MR) is 81.8 cm³/mol. The number of aliphatic hydroxyl groups excluding tert-OH is 1. The van der Waals surface area contributed by atoms with Crippen LogP contribution in [0, 0.1) is 0 Å². The first-order valence-corrected chi connectivity index (χ1v) is 7.32.